The van der Waals surface area contributed by atoms with Gasteiger partial charge in [0.25, 0.3) is 0 Å². The van der Waals surface area contributed by atoms with E-state index in [0.29, 0.717) is 16.7 Å². The van der Waals surface area contributed by atoms with Crippen LogP contribution in [0.5, 0.6) is 5.75 Å². The van der Waals surface area contributed by atoms with E-state index in [0.717, 1.165) is 34.9 Å². The third-order valence-electron chi connectivity index (χ3n) is 3.76. The fraction of sp³-hybridized carbons (Fsp3) is 0.278. The van der Waals surface area contributed by atoms with Crippen LogP contribution in [-0.4, -0.2) is 28.4 Å². The predicted molar refractivity (Wildman–Crippen MR) is 98.1 cm³/mol. The number of imidazole rings is 1. The number of aromatic nitrogens is 2. The van der Waals surface area contributed by atoms with Crippen LogP contribution in [0.2, 0.25) is 10.0 Å². The maximum absolute atomic E-state index is 6.05. The summed E-state index contributed by atoms with van der Waals surface area (Å²) in [5, 5.41) is 1.07. The minimum Gasteiger partial charge on any atom is -0.485 e. The summed E-state index contributed by atoms with van der Waals surface area (Å²) in [5.74, 6) is 0.747. The summed E-state index contributed by atoms with van der Waals surface area (Å²) >= 11 is 12.0. The van der Waals surface area contributed by atoms with Gasteiger partial charge in [0.05, 0.1) is 21.4 Å². The zero-order chi connectivity index (χ0) is 17.3. The van der Waals surface area contributed by atoms with E-state index in [2.05, 4.69) is 14.3 Å². The molecule has 0 N–H and O–H groups in total. The number of hydrogen-bond acceptors (Lipinski definition) is 3. The van der Waals surface area contributed by atoms with E-state index in [1.54, 1.807) is 6.07 Å². The molecule has 0 bridgehead atoms. The highest BCUT2D eigenvalue weighted by Crippen LogP contribution is 2.26. The van der Waals surface area contributed by atoms with Gasteiger partial charge in [-0.05, 0) is 50.8 Å². The second-order valence-corrected chi connectivity index (χ2v) is 6.80. The average Bonchev–Trinajstić information content (AvgIpc) is 2.85. The smallest absolute Gasteiger partial charge is 0.180 e. The number of rotatable bonds is 5. The van der Waals surface area contributed by atoms with Crippen LogP contribution in [0.3, 0.4) is 0 Å². The Morgan fingerprint density at radius 3 is 2.67 bits per heavy atom. The number of pyridine rings is 1. The zero-order valence-electron chi connectivity index (χ0n) is 13.9. The standard InChI is InChI=1S/C18H19Cl2N3O/c1-12-16(10-22(2)3)23-8-4-5-17(18(23)21-12)24-11-13-6-7-14(19)15(20)9-13/h4-9H,10-11H2,1-3H3. The van der Waals surface area contributed by atoms with Crippen LogP contribution >= 0.6 is 23.2 Å². The second kappa shape index (κ2) is 7.01. The molecule has 24 heavy (non-hydrogen) atoms. The van der Waals surface area contributed by atoms with Crippen molar-refractivity contribution < 1.29 is 4.74 Å². The molecule has 0 atom stereocenters. The molecule has 4 nitrogen and oxygen atoms in total. The zero-order valence-corrected chi connectivity index (χ0v) is 15.4. The van der Waals surface area contributed by atoms with Gasteiger partial charge in [0.2, 0.25) is 0 Å². The predicted octanol–water partition coefficient (Wildman–Crippen LogP) is 4.59. The average molecular weight is 364 g/mol. The van der Waals surface area contributed by atoms with Crippen molar-refractivity contribution in [3.8, 4) is 5.75 Å². The highest BCUT2D eigenvalue weighted by molar-refractivity contribution is 6.42. The summed E-state index contributed by atoms with van der Waals surface area (Å²) in [5.41, 5.74) is 3.96. The van der Waals surface area contributed by atoms with Crippen LogP contribution in [-0.2, 0) is 13.2 Å². The molecule has 0 aliphatic carbocycles. The van der Waals surface area contributed by atoms with Gasteiger partial charge in [-0.3, -0.25) is 4.40 Å². The lowest BCUT2D eigenvalue weighted by Gasteiger charge is -2.11. The molecule has 3 aromatic rings. The van der Waals surface area contributed by atoms with Gasteiger partial charge < -0.3 is 9.64 Å². The van der Waals surface area contributed by atoms with Crippen molar-refractivity contribution in [2.75, 3.05) is 14.1 Å². The van der Waals surface area contributed by atoms with Crippen molar-refractivity contribution in [1.29, 1.82) is 0 Å². The fourth-order valence-electron chi connectivity index (χ4n) is 2.60. The molecule has 0 aliphatic heterocycles. The second-order valence-electron chi connectivity index (χ2n) is 5.98. The van der Waals surface area contributed by atoms with Crippen LogP contribution in [0, 0.1) is 6.92 Å². The molecule has 6 heteroatoms. The quantitative estimate of drug-likeness (QED) is 0.663. The monoisotopic (exact) mass is 363 g/mol. The Kier molecular flexibility index (Phi) is 4.99. The number of fused-ring (bicyclic) bond motifs is 1. The van der Waals surface area contributed by atoms with E-state index in [1.807, 2.05) is 51.5 Å². The minimum atomic E-state index is 0.408. The molecule has 0 unspecified atom stereocenters. The topological polar surface area (TPSA) is 29.8 Å². The summed E-state index contributed by atoms with van der Waals surface area (Å²) in [6.07, 6.45) is 2.01. The molecule has 2 heterocycles. The first-order valence-electron chi connectivity index (χ1n) is 7.63. The Hall–Kier alpha value is -1.75. The third-order valence-corrected chi connectivity index (χ3v) is 4.50. The summed E-state index contributed by atoms with van der Waals surface area (Å²) in [7, 11) is 4.09. The molecule has 3 rings (SSSR count). The molecule has 0 saturated heterocycles. The van der Waals surface area contributed by atoms with Crippen molar-refractivity contribution in [2.24, 2.45) is 0 Å². The Labute approximate surface area is 151 Å². The van der Waals surface area contributed by atoms with E-state index >= 15 is 0 Å². The van der Waals surface area contributed by atoms with Crippen molar-refractivity contribution in [3.63, 3.8) is 0 Å². The van der Waals surface area contributed by atoms with E-state index in [1.165, 1.54) is 0 Å². The first kappa shape index (κ1) is 17.1. The van der Waals surface area contributed by atoms with Gasteiger partial charge in [0, 0.05) is 12.7 Å². The van der Waals surface area contributed by atoms with Crippen molar-refractivity contribution in [3.05, 3.63) is 63.5 Å². The van der Waals surface area contributed by atoms with Gasteiger partial charge in [-0.2, -0.15) is 0 Å². The number of ether oxygens (including phenoxy) is 1. The maximum atomic E-state index is 6.05. The Bertz CT molecular complexity index is 874. The Morgan fingerprint density at radius 1 is 1.17 bits per heavy atom. The molecular weight excluding hydrogens is 345 g/mol. The van der Waals surface area contributed by atoms with Crippen LogP contribution in [0.25, 0.3) is 5.65 Å². The van der Waals surface area contributed by atoms with E-state index in [9.17, 15) is 0 Å². The molecule has 0 aliphatic rings. The lowest BCUT2D eigenvalue weighted by atomic mass is 10.2. The highest BCUT2D eigenvalue weighted by Gasteiger charge is 2.13. The van der Waals surface area contributed by atoms with Crippen LogP contribution < -0.4 is 4.74 Å². The van der Waals surface area contributed by atoms with Gasteiger partial charge >= 0.3 is 0 Å². The lowest BCUT2D eigenvalue weighted by Crippen LogP contribution is -2.13. The van der Waals surface area contributed by atoms with E-state index in [4.69, 9.17) is 27.9 Å². The van der Waals surface area contributed by atoms with Crippen LogP contribution in [0.15, 0.2) is 36.5 Å². The summed E-state index contributed by atoms with van der Waals surface area (Å²) in [4.78, 5) is 6.80. The number of halogens is 2. The number of hydrogen-bond donors (Lipinski definition) is 0. The molecule has 2 aromatic heterocycles. The molecule has 1 aromatic carbocycles. The third kappa shape index (κ3) is 3.51. The maximum Gasteiger partial charge on any atom is 0.180 e. The number of benzene rings is 1. The molecule has 0 saturated carbocycles. The molecule has 0 fully saturated rings. The Morgan fingerprint density at radius 2 is 1.96 bits per heavy atom. The van der Waals surface area contributed by atoms with E-state index in [-0.39, 0.29) is 0 Å². The van der Waals surface area contributed by atoms with Gasteiger partial charge in [-0.25, -0.2) is 4.98 Å². The van der Waals surface area contributed by atoms with Crippen molar-refractivity contribution in [2.45, 2.75) is 20.1 Å². The molecule has 126 valence electrons. The van der Waals surface area contributed by atoms with Crippen molar-refractivity contribution >= 4 is 28.8 Å². The normalized spacial score (nSPS) is 11.4. The van der Waals surface area contributed by atoms with Gasteiger partial charge in [0.15, 0.2) is 11.4 Å². The molecular formula is C18H19Cl2N3O. The SMILES string of the molecule is Cc1nc2c(OCc3ccc(Cl)c(Cl)c3)cccn2c1CN(C)C. The first-order valence-corrected chi connectivity index (χ1v) is 8.39. The lowest BCUT2D eigenvalue weighted by molar-refractivity contribution is 0.308. The van der Waals surface area contributed by atoms with Crippen LogP contribution in [0.4, 0.5) is 0 Å². The van der Waals surface area contributed by atoms with Gasteiger partial charge in [-0.1, -0.05) is 29.3 Å². The Balaban J connectivity index is 1.88. The van der Waals surface area contributed by atoms with Crippen LogP contribution in [0.1, 0.15) is 17.0 Å². The molecule has 0 amide bonds. The van der Waals surface area contributed by atoms with E-state index < -0.39 is 0 Å². The summed E-state index contributed by atoms with van der Waals surface area (Å²) < 4.78 is 8.06. The van der Waals surface area contributed by atoms with Gasteiger partial charge in [0.1, 0.15) is 6.61 Å². The first-order chi connectivity index (χ1) is 11.5. The summed E-state index contributed by atoms with van der Waals surface area (Å²) in [6, 6.07) is 9.40. The highest BCUT2D eigenvalue weighted by atomic mass is 35.5. The van der Waals surface area contributed by atoms with Gasteiger partial charge in [-0.15, -0.1) is 0 Å². The van der Waals surface area contributed by atoms with Crippen molar-refractivity contribution in [1.82, 2.24) is 14.3 Å². The number of nitrogens with zero attached hydrogens (tertiary/aromatic N) is 3. The number of aryl methyl sites for hydroxylation is 1. The fourth-order valence-corrected chi connectivity index (χ4v) is 2.92. The molecule has 0 radical (unpaired) electrons. The summed E-state index contributed by atoms with van der Waals surface area (Å²) in [6.45, 7) is 3.25. The molecule has 0 spiro atoms. The minimum absolute atomic E-state index is 0.408. The largest absolute Gasteiger partial charge is 0.485 e.